The van der Waals surface area contributed by atoms with E-state index in [0.717, 1.165) is 25.9 Å². The van der Waals surface area contributed by atoms with Crippen molar-refractivity contribution in [2.24, 2.45) is 5.92 Å². The van der Waals surface area contributed by atoms with Crippen molar-refractivity contribution in [3.05, 3.63) is 47.3 Å². The molecule has 0 bridgehead atoms. The molecular weight excluding hydrogens is 355 g/mol. The predicted octanol–water partition coefficient (Wildman–Crippen LogP) is 3.75. The molecule has 0 unspecified atom stereocenters. The van der Waals surface area contributed by atoms with Crippen LogP contribution in [0, 0.1) is 30.3 Å². The van der Waals surface area contributed by atoms with E-state index in [1.807, 2.05) is 0 Å². The molecule has 0 amide bonds. The predicted molar refractivity (Wildman–Crippen MR) is 94.5 cm³/mol. The van der Waals surface area contributed by atoms with Gasteiger partial charge in [-0.25, -0.2) is 18.2 Å². The summed E-state index contributed by atoms with van der Waals surface area (Å²) in [5, 5.41) is 4.20. The van der Waals surface area contributed by atoms with Crippen molar-refractivity contribution in [1.29, 1.82) is 0 Å². The first-order chi connectivity index (χ1) is 12.9. The Hall–Kier alpha value is -2.48. The van der Waals surface area contributed by atoms with Crippen LogP contribution in [-0.2, 0) is 6.54 Å². The minimum atomic E-state index is -0.953. The van der Waals surface area contributed by atoms with Crippen LogP contribution in [0.2, 0.25) is 0 Å². The van der Waals surface area contributed by atoms with Crippen LogP contribution in [0.3, 0.4) is 0 Å². The van der Waals surface area contributed by atoms with Gasteiger partial charge in [0.25, 0.3) is 5.78 Å². The summed E-state index contributed by atoms with van der Waals surface area (Å²) in [6.45, 7) is 6.15. The maximum atomic E-state index is 14.5. The first-order valence-corrected chi connectivity index (χ1v) is 9.00. The zero-order chi connectivity index (χ0) is 19.1. The van der Waals surface area contributed by atoms with Gasteiger partial charge in [-0.15, -0.1) is 0 Å². The number of hydrogen-bond acceptors (Lipinski definition) is 4. The highest BCUT2D eigenvalue weighted by Gasteiger charge is 2.25. The van der Waals surface area contributed by atoms with Crippen molar-refractivity contribution in [1.82, 2.24) is 24.5 Å². The Morgan fingerprint density at radius 1 is 1.07 bits per heavy atom. The third-order valence-corrected chi connectivity index (χ3v) is 5.21. The second-order valence-corrected chi connectivity index (χ2v) is 7.19. The minimum absolute atomic E-state index is 0.279. The molecule has 1 saturated heterocycles. The van der Waals surface area contributed by atoms with Gasteiger partial charge in [-0.1, -0.05) is 6.92 Å². The average Bonchev–Trinajstić information content (AvgIpc) is 3.06. The van der Waals surface area contributed by atoms with E-state index in [1.165, 1.54) is 10.8 Å². The van der Waals surface area contributed by atoms with Crippen molar-refractivity contribution >= 4 is 5.78 Å². The molecule has 8 heteroatoms. The number of benzene rings is 1. The van der Waals surface area contributed by atoms with E-state index in [2.05, 4.69) is 26.9 Å². The highest BCUT2D eigenvalue weighted by molar-refractivity contribution is 5.71. The number of fused-ring (bicyclic) bond motifs is 1. The van der Waals surface area contributed by atoms with E-state index in [1.54, 1.807) is 6.92 Å². The highest BCUT2D eigenvalue weighted by Crippen LogP contribution is 2.33. The molecule has 0 radical (unpaired) electrons. The van der Waals surface area contributed by atoms with Crippen LogP contribution in [0.5, 0.6) is 0 Å². The lowest BCUT2D eigenvalue weighted by molar-refractivity contribution is 0.182. The van der Waals surface area contributed by atoms with Gasteiger partial charge in [-0.2, -0.15) is 14.6 Å². The molecule has 5 nitrogen and oxygen atoms in total. The van der Waals surface area contributed by atoms with Crippen LogP contribution >= 0.6 is 0 Å². The molecule has 3 heterocycles. The van der Waals surface area contributed by atoms with Crippen LogP contribution in [0.25, 0.3) is 16.9 Å². The first-order valence-electron chi connectivity index (χ1n) is 9.00. The molecule has 142 valence electrons. The van der Waals surface area contributed by atoms with Crippen molar-refractivity contribution in [2.75, 3.05) is 13.1 Å². The van der Waals surface area contributed by atoms with Crippen molar-refractivity contribution in [3.8, 4) is 11.1 Å². The molecule has 4 rings (SSSR count). The summed E-state index contributed by atoms with van der Waals surface area (Å²) >= 11 is 0. The molecule has 27 heavy (non-hydrogen) atoms. The quantitative estimate of drug-likeness (QED) is 0.700. The molecule has 1 aliphatic heterocycles. The molecule has 1 aromatic carbocycles. The molecule has 2 aromatic heterocycles. The smallest absolute Gasteiger partial charge is 0.252 e. The summed E-state index contributed by atoms with van der Waals surface area (Å²) in [7, 11) is 0. The molecule has 0 N–H and O–H groups in total. The third kappa shape index (κ3) is 3.29. The van der Waals surface area contributed by atoms with Gasteiger partial charge < -0.3 is 0 Å². The summed E-state index contributed by atoms with van der Waals surface area (Å²) in [6, 6.07) is 1.38. The Labute approximate surface area is 154 Å². The monoisotopic (exact) mass is 375 g/mol. The maximum absolute atomic E-state index is 14.5. The van der Waals surface area contributed by atoms with Gasteiger partial charge in [-0.05, 0) is 38.8 Å². The molecule has 0 spiro atoms. The Morgan fingerprint density at radius 2 is 1.74 bits per heavy atom. The van der Waals surface area contributed by atoms with Crippen molar-refractivity contribution in [3.63, 3.8) is 0 Å². The lowest BCUT2D eigenvalue weighted by Gasteiger charge is -2.31. The van der Waals surface area contributed by atoms with Gasteiger partial charge in [0, 0.05) is 24.2 Å². The first kappa shape index (κ1) is 17.9. The Bertz CT molecular complexity index is 969. The minimum Gasteiger partial charge on any atom is -0.297 e. The number of rotatable bonds is 3. The van der Waals surface area contributed by atoms with Gasteiger partial charge in [0.2, 0.25) is 0 Å². The van der Waals surface area contributed by atoms with E-state index in [4.69, 9.17) is 0 Å². The number of aromatic nitrogens is 4. The average molecular weight is 375 g/mol. The fourth-order valence-corrected chi connectivity index (χ4v) is 3.71. The molecule has 0 aliphatic carbocycles. The fourth-order valence-electron chi connectivity index (χ4n) is 3.71. The lowest BCUT2D eigenvalue weighted by atomic mass is 9.97. The van der Waals surface area contributed by atoms with Gasteiger partial charge in [0.15, 0.2) is 0 Å². The third-order valence-electron chi connectivity index (χ3n) is 5.21. The zero-order valence-corrected chi connectivity index (χ0v) is 15.2. The Balaban J connectivity index is 1.89. The fraction of sp³-hybridized carbons (Fsp3) is 0.421. The van der Waals surface area contributed by atoms with Crippen LogP contribution in [-0.4, -0.2) is 37.6 Å². The normalized spacial score (nSPS) is 16.3. The molecule has 3 aromatic rings. The number of nitrogens with zero attached hydrogens (tertiary/aromatic N) is 5. The van der Waals surface area contributed by atoms with Crippen LogP contribution in [0.15, 0.2) is 18.5 Å². The van der Waals surface area contributed by atoms with E-state index in [0.29, 0.717) is 47.3 Å². The maximum Gasteiger partial charge on any atom is 0.252 e. The van der Waals surface area contributed by atoms with E-state index >= 15 is 0 Å². The zero-order valence-electron chi connectivity index (χ0n) is 15.2. The second-order valence-electron chi connectivity index (χ2n) is 7.19. The van der Waals surface area contributed by atoms with E-state index < -0.39 is 17.5 Å². The summed E-state index contributed by atoms with van der Waals surface area (Å²) in [4.78, 5) is 10.7. The number of likely N-dealkylation sites (tertiary alicyclic amines) is 1. The number of halogens is 3. The van der Waals surface area contributed by atoms with Gasteiger partial charge in [-0.3, -0.25) is 4.90 Å². The van der Waals surface area contributed by atoms with Crippen LogP contribution in [0.1, 0.15) is 31.2 Å². The molecule has 1 fully saturated rings. The summed E-state index contributed by atoms with van der Waals surface area (Å²) in [5.41, 5.74) is 1.06. The van der Waals surface area contributed by atoms with Gasteiger partial charge in [0.1, 0.15) is 23.8 Å². The SMILES string of the molecule is Cc1nc2ncnn2c(CN2CCC(C)CC2)c1-c1c(F)cc(F)cc1F. The molecule has 0 atom stereocenters. The second kappa shape index (κ2) is 6.92. The van der Waals surface area contributed by atoms with E-state index in [-0.39, 0.29) is 5.56 Å². The van der Waals surface area contributed by atoms with E-state index in [9.17, 15) is 13.2 Å². The standard InChI is InChI=1S/C19H20F3N5/c1-11-3-5-26(6-4-11)9-16-17(12(2)25-19-23-10-24-27(16)19)18-14(21)7-13(20)8-15(18)22/h7-8,10-11H,3-6,9H2,1-2H3. The summed E-state index contributed by atoms with van der Waals surface area (Å²) in [5.74, 6) is -1.82. The largest absolute Gasteiger partial charge is 0.297 e. The van der Waals surface area contributed by atoms with Gasteiger partial charge in [0.05, 0.1) is 17.0 Å². The molecular formula is C19H20F3N5. The van der Waals surface area contributed by atoms with Crippen LogP contribution in [0.4, 0.5) is 13.2 Å². The van der Waals surface area contributed by atoms with Crippen molar-refractivity contribution < 1.29 is 13.2 Å². The van der Waals surface area contributed by atoms with Crippen LogP contribution < -0.4 is 0 Å². The summed E-state index contributed by atoms with van der Waals surface area (Å²) in [6.07, 6.45) is 3.50. The number of hydrogen-bond donors (Lipinski definition) is 0. The topological polar surface area (TPSA) is 46.3 Å². The van der Waals surface area contributed by atoms with Crippen molar-refractivity contribution in [2.45, 2.75) is 33.2 Å². The Morgan fingerprint density at radius 3 is 2.41 bits per heavy atom. The number of piperidine rings is 1. The Kier molecular flexibility index (Phi) is 4.59. The number of aryl methyl sites for hydroxylation is 1. The molecule has 1 aliphatic rings. The molecule has 0 saturated carbocycles. The highest BCUT2D eigenvalue weighted by atomic mass is 19.1. The summed E-state index contributed by atoms with van der Waals surface area (Å²) < 4.78 is 44.0. The van der Waals surface area contributed by atoms with Gasteiger partial charge >= 0.3 is 0 Å². The lowest BCUT2D eigenvalue weighted by Crippen LogP contribution is -2.33.